The van der Waals surface area contributed by atoms with Crippen LogP contribution >= 0.6 is 0 Å². The number of hydrazone groups is 1. The lowest BCUT2D eigenvalue weighted by molar-refractivity contribution is -0.115. The van der Waals surface area contributed by atoms with Crippen molar-refractivity contribution < 1.29 is 19.1 Å². The van der Waals surface area contributed by atoms with Gasteiger partial charge in [0.2, 0.25) is 12.7 Å². The summed E-state index contributed by atoms with van der Waals surface area (Å²) in [5.74, 6) is 0.675. The number of hydrogen-bond donors (Lipinski definition) is 2. The van der Waals surface area contributed by atoms with Gasteiger partial charge in [0, 0.05) is 23.0 Å². The Labute approximate surface area is 167 Å². The number of hydrogen-bond acceptors (Lipinski definition) is 5. The van der Waals surface area contributed by atoms with E-state index in [-0.39, 0.29) is 25.0 Å². The van der Waals surface area contributed by atoms with Crippen LogP contribution in [0.5, 0.6) is 11.5 Å². The highest BCUT2D eigenvalue weighted by Crippen LogP contribution is 2.34. The molecule has 0 aliphatic carbocycles. The number of benzene rings is 3. The van der Waals surface area contributed by atoms with Gasteiger partial charge in [-0.1, -0.05) is 36.4 Å². The number of rotatable bonds is 5. The van der Waals surface area contributed by atoms with Crippen LogP contribution in [-0.2, 0) is 4.79 Å². The first-order valence-electron chi connectivity index (χ1n) is 9.11. The number of carbonyl (C=O) groups is 2. The van der Waals surface area contributed by atoms with Crippen LogP contribution in [-0.4, -0.2) is 24.3 Å². The first-order valence-corrected chi connectivity index (χ1v) is 9.11. The summed E-state index contributed by atoms with van der Waals surface area (Å²) in [6, 6.07) is 18.3. The smallest absolute Gasteiger partial charge is 0.271 e. The summed E-state index contributed by atoms with van der Waals surface area (Å²) in [6.07, 6.45) is 0.0459. The number of nitrogens with one attached hydrogen (secondary N) is 2. The van der Waals surface area contributed by atoms with Crippen molar-refractivity contribution in [1.82, 2.24) is 5.43 Å². The topological polar surface area (TPSA) is 89.0 Å². The number of carbonyl (C=O) groups excluding carboxylic acids is 2. The maximum Gasteiger partial charge on any atom is 0.271 e. The largest absolute Gasteiger partial charge is 0.454 e. The minimum absolute atomic E-state index is 0.0459. The third-order valence-electron chi connectivity index (χ3n) is 4.46. The van der Waals surface area contributed by atoms with Gasteiger partial charge in [0.25, 0.3) is 5.91 Å². The van der Waals surface area contributed by atoms with Gasteiger partial charge in [0.05, 0.1) is 6.42 Å². The highest BCUT2D eigenvalue weighted by molar-refractivity contribution is 6.08. The molecule has 2 N–H and O–H groups in total. The summed E-state index contributed by atoms with van der Waals surface area (Å²) in [4.78, 5) is 24.7. The summed E-state index contributed by atoms with van der Waals surface area (Å²) >= 11 is 0. The molecule has 146 valence electrons. The summed E-state index contributed by atoms with van der Waals surface area (Å²) < 4.78 is 10.5. The maximum atomic E-state index is 12.5. The number of nitrogens with zero attached hydrogens (tertiary/aromatic N) is 1. The fourth-order valence-electron chi connectivity index (χ4n) is 3.08. The fraction of sp³-hybridized carbons (Fsp3) is 0.136. The monoisotopic (exact) mass is 389 g/mol. The SMILES string of the molecule is C/C(CC(=O)Nc1ccc2c(c1)OCO2)=N/NC(=O)c1cccc2ccccc12. The second-order valence-electron chi connectivity index (χ2n) is 6.61. The molecular formula is C22H19N3O4. The van der Waals surface area contributed by atoms with E-state index >= 15 is 0 Å². The van der Waals surface area contributed by atoms with Gasteiger partial charge in [-0.15, -0.1) is 0 Å². The van der Waals surface area contributed by atoms with E-state index in [1.165, 1.54) is 0 Å². The van der Waals surface area contributed by atoms with Gasteiger partial charge >= 0.3 is 0 Å². The van der Waals surface area contributed by atoms with Crippen LogP contribution in [0.4, 0.5) is 5.69 Å². The lowest BCUT2D eigenvalue weighted by atomic mass is 10.0. The van der Waals surface area contributed by atoms with Crippen molar-refractivity contribution >= 4 is 34.0 Å². The van der Waals surface area contributed by atoms with Crippen molar-refractivity contribution in [2.75, 3.05) is 12.1 Å². The number of amides is 2. The van der Waals surface area contributed by atoms with Crippen LogP contribution in [0.15, 0.2) is 65.8 Å². The molecule has 0 bridgehead atoms. The zero-order valence-corrected chi connectivity index (χ0v) is 15.8. The van der Waals surface area contributed by atoms with Crippen LogP contribution in [0.2, 0.25) is 0 Å². The van der Waals surface area contributed by atoms with Gasteiger partial charge in [-0.25, -0.2) is 5.43 Å². The molecule has 0 spiro atoms. The molecule has 4 rings (SSSR count). The van der Waals surface area contributed by atoms with E-state index in [9.17, 15) is 9.59 Å². The molecule has 3 aromatic rings. The Bertz CT molecular complexity index is 1120. The molecule has 3 aromatic carbocycles. The Morgan fingerprint density at radius 2 is 1.79 bits per heavy atom. The zero-order chi connectivity index (χ0) is 20.2. The van der Waals surface area contributed by atoms with Gasteiger partial charge in [0.15, 0.2) is 11.5 Å². The molecule has 1 aliphatic heterocycles. The van der Waals surface area contributed by atoms with Gasteiger partial charge in [-0.05, 0) is 35.9 Å². The van der Waals surface area contributed by atoms with Crippen LogP contribution in [0.1, 0.15) is 23.7 Å². The second kappa shape index (κ2) is 8.02. The average Bonchev–Trinajstić information content (AvgIpc) is 3.19. The van der Waals surface area contributed by atoms with Gasteiger partial charge in [-0.3, -0.25) is 9.59 Å². The van der Waals surface area contributed by atoms with E-state index in [4.69, 9.17) is 9.47 Å². The third-order valence-corrected chi connectivity index (χ3v) is 4.46. The van der Waals surface area contributed by atoms with Crippen molar-refractivity contribution in [2.45, 2.75) is 13.3 Å². The summed E-state index contributed by atoms with van der Waals surface area (Å²) in [6.45, 7) is 1.86. The molecule has 7 nitrogen and oxygen atoms in total. The van der Waals surface area contributed by atoms with Gasteiger partial charge in [0.1, 0.15) is 0 Å². The number of fused-ring (bicyclic) bond motifs is 2. The standard InChI is InChI=1S/C22H19N3O4/c1-14(11-21(26)23-16-9-10-19-20(12-16)29-13-28-19)24-25-22(27)18-8-4-6-15-5-2-3-7-17(15)18/h2-10,12H,11,13H2,1H3,(H,23,26)(H,25,27)/b24-14-. The van der Waals surface area contributed by atoms with E-state index in [1.807, 2.05) is 36.4 Å². The Kier molecular flexibility index (Phi) is 5.11. The van der Waals surface area contributed by atoms with E-state index in [1.54, 1.807) is 31.2 Å². The molecule has 0 aromatic heterocycles. The number of anilines is 1. The highest BCUT2D eigenvalue weighted by atomic mass is 16.7. The maximum absolute atomic E-state index is 12.5. The highest BCUT2D eigenvalue weighted by Gasteiger charge is 2.14. The van der Waals surface area contributed by atoms with Gasteiger partial charge < -0.3 is 14.8 Å². The molecule has 0 fully saturated rings. The predicted octanol–water partition coefficient (Wildman–Crippen LogP) is 3.70. The molecule has 29 heavy (non-hydrogen) atoms. The van der Waals surface area contributed by atoms with E-state index < -0.39 is 0 Å². The minimum Gasteiger partial charge on any atom is -0.454 e. The van der Waals surface area contributed by atoms with Crippen LogP contribution in [0, 0.1) is 0 Å². The van der Waals surface area contributed by atoms with Crippen LogP contribution < -0.4 is 20.2 Å². The third kappa shape index (κ3) is 4.19. The Balaban J connectivity index is 1.37. The normalized spacial score (nSPS) is 12.7. The van der Waals surface area contributed by atoms with Crippen molar-refractivity contribution in [3.63, 3.8) is 0 Å². The molecule has 1 aliphatic rings. The minimum atomic E-state index is -0.322. The van der Waals surface area contributed by atoms with E-state index in [2.05, 4.69) is 15.8 Å². The van der Waals surface area contributed by atoms with Crippen LogP contribution in [0.25, 0.3) is 10.8 Å². The molecular weight excluding hydrogens is 370 g/mol. The van der Waals surface area contributed by atoms with Crippen molar-refractivity contribution in [3.8, 4) is 11.5 Å². The molecule has 0 saturated heterocycles. The van der Waals surface area contributed by atoms with Gasteiger partial charge in [-0.2, -0.15) is 5.10 Å². The molecule has 2 amide bonds. The van der Waals surface area contributed by atoms with Crippen LogP contribution in [0.3, 0.4) is 0 Å². The predicted molar refractivity (Wildman–Crippen MR) is 110 cm³/mol. The molecule has 0 radical (unpaired) electrons. The Morgan fingerprint density at radius 1 is 1.00 bits per heavy atom. The average molecular weight is 389 g/mol. The lowest BCUT2D eigenvalue weighted by Gasteiger charge is -2.07. The first-order chi connectivity index (χ1) is 14.1. The fourth-order valence-corrected chi connectivity index (χ4v) is 3.08. The van der Waals surface area contributed by atoms with Crippen molar-refractivity contribution in [3.05, 3.63) is 66.2 Å². The molecule has 1 heterocycles. The van der Waals surface area contributed by atoms with Crippen molar-refractivity contribution in [2.24, 2.45) is 5.10 Å². The lowest BCUT2D eigenvalue weighted by Crippen LogP contribution is -2.21. The summed E-state index contributed by atoms with van der Waals surface area (Å²) in [7, 11) is 0. The number of ether oxygens (including phenoxy) is 2. The van der Waals surface area contributed by atoms with Crippen molar-refractivity contribution in [1.29, 1.82) is 0 Å². The molecule has 0 unspecified atom stereocenters. The molecule has 7 heteroatoms. The second-order valence-corrected chi connectivity index (χ2v) is 6.61. The summed E-state index contributed by atoms with van der Waals surface area (Å²) in [5, 5.41) is 8.66. The molecule has 0 saturated carbocycles. The first kappa shape index (κ1) is 18.5. The summed E-state index contributed by atoms with van der Waals surface area (Å²) in [5.41, 5.74) is 4.15. The van der Waals surface area contributed by atoms with E-state index in [0.29, 0.717) is 28.5 Å². The molecule has 0 atom stereocenters. The Hall–Kier alpha value is -3.87. The quantitative estimate of drug-likeness (QED) is 0.514. The van der Waals surface area contributed by atoms with E-state index in [0.717, 1.165) is 10.8 Å². The zero-order valence-electron chi connectivity index (χ0n) is 15.8. The Morgan fingerprint density at radius 3 is 2.69 bits per heavy atom.